The Morgan fingerprint density at radius 2 is 1.66 bits per heavy atom. The molecule has 1 aromatic heterocycles. The number of halogens is 3. The lowest BCUT2D eigenvalue weighted by atomic mass is 9.81. The highest BCUT2D eigenvalue weighted by atomic mass is 19.2. The molecule has 10 heteroatoms. The van der Waals surface area contributed by atoms with Gasteiger partial charge in [0.2, 0.25) is 5.91 Å². The molecular weight excluding hydrogens is 567 g/mol. The highest BCUT2D eigenvalue weighted by Gasteiger charge is 2.49. The van der Waals surface area contributed by atoms with Crippen molar-refractivity contribution in [1.82, 2.24) is 19.9 Å². The van der Waals surface area contributed by atoms with E-state index in [4.69, 9.17) is 0 Å². The minimum absolute atomic E-state index is 0.212. The molecule has 2 amide bonds. The van der Waals surface area contributed by atoms with Gasteiger partial charge in [0.05, 0.1) is 6.20 Å². The van der Waals surface area contributed by atoms with Gasteiger partial charge in [0.1, 0.15) is 11.7 Å². The maximum Gasteiger partial charge on any atom is 0.255 e. The number of carbonyl (C=O) groups excluding carboxylic acids is 2. The van der Waals surface area contributed by atoms with Crippen LogP contribution in [0.15, 0.2) is 66.9 Å². The predicted octanol–water partition coefficient (Wildman–Crippen LogP) is 7.31. The van der Waals surface area contributed by atoms with Crippen LogP contribution in [0.1, 0.15) is 74.5 Å². The van der Waals surface area contributed by atoms with E-state index in [0.29, 0.717) is 41.0 Å². The standard InChI is InChI=1S/C34H36F3N5O2/c1-20-12-13-21(16-24(20)31(43)38-23-10-8-7-9-11-23)28-19-42(40-39-28)30(33(2,3)4)32(44)41-15-14-25(34(41,5)6)22-17-26(35)29(37)27(36)18-22/h7-13,16-19,25,30H,14-15H2,1-6H3,(H,38,43). The van der Waals surface area contributed by atoms with E-state index in [0.717, 1.165) is 17.7 Å². The van der Waals surface area contributed by atoms with Gasteiger partial charge in [-0.25, -0.2) is 17.9 Å². The van der Waals surface area contributed by atoms with E-state index in [1.165, 1.54) is 0 Å². The van der Waals surface area contributed by atoms with Crippen LogP contribution in [0.25, 0.3) is 11.3 Å². The molecule has 7 nitrogen and oxygen atoms in total. The number of hydrogen-bond donors (Lipinski definition) is 1. The van der Waals surface area contributed by atoms with E-state index in [1.807, 2.05) is 84.0 Å². The lowest BCUT2D eigenvalue weighted by Gasteiger charge is -2.40. The Balaban J connectivity index is 1.42. The number of likely N-dealkylation sites (tertiary alicyclic amines) is 1. The zero-order valence-corrected chi connectivity index (χ0v) is 25.7. The zero-order chi connectivity index (χ0) is 32.0. The van der Waals surface area contributed by atoms with Crippen molar-refractivity contribution >= 4 is 17.5 Å². The maximum absolute atomic E-state index is 14.3. The molecule has 0 bridgehead atoms. The Hall–Kier alpha value is -4.47. The minimum Gasteiger partial charge on any atom is -0.335 e. The second-order valence-corrected chi connectivity index (χ2v) is 13.0. The van der Waals surface area contributed by atoms with E-state index in [-0.39, 0.29) is 11.8 Å². The molecule has 5 rings (SSSR count). The van der Waals surface area contributed by atoms with Crippen molar-refractivity contribution in [1.29, 1.82) is 0 Å². The van der Waals surface area contributed by atoms with E-state index in [2.05, 4.69) is 15.6 Å². The normalized spacial score (nSPS) is 17.0. The average Bonchev–Trinajstić information content (AvgIpc) is 3.55. The molecule has 1 saturated heterocycles. The SMILES string of the molecule is Cc1ccc(-c2cn(C(C(=O)N3CCC(c4cc(F)c(F)c(F)c4)C3(C)C)C(C)(C)C)nn2)cc1C(=O)Nc1ccccc1. The van der Waals surface area contributed by atoms with Gasteiger partial charge in [-0.2, -0.15) is 0 Å². The molecule has 1 aliphatic rings. The third-order valence-electron chi connectivity index (χ3n) is 8.50. The molecule has 1 N–H and O–H groups in total. The fourth-order valence-corrected chi connectivity index (χ4v) is 6.14. The number of amides is 2. The highest BCUT2D eigenvalue weighted by molar-refractivity contribution is 6.06. The summed E-state index contributed by atoms with van der Waals surface area (Å²) in [5.41, 5.74) is 2.03. The van der Waals surface area contributed by atoms with Crippen LogP contribution in [0.5, 0.6) is 0 Å². The zero-order valence-electron chi connectivity index (χ0n) is 25.7. The first-order valence-corrected chi connectivity index (χ1v) is 14.5. The predicted molar refractivity (Wildman–Crippen MR) is 163 cm³/mol. The average molecular weight is 604 g/mol. The third-order valence-corrected chi connectivity index (χ3v) is 8.50. The summed E-state index contributed by atoms with van der Waals surface area (Å²) >= 11 is 0. The number of aryl methyl sites for hydroxylation is 1. The Bertz CT molecular complexity index is 1690. The van der Waals surface area contributed by atoms with Crippen molar-refractivity contribution in [2.24, 2.45) is 5.41 Å². The number of benzene rings is 3. The molecule has 2 heterocycles. The Morgan fingerprint density at radius 3 is 2.30 bits per heavy atom. The van der Waals surface area contributed by atoms with E-state index < -0.39 is 40.4 Å². The van der Waals surface area contributed by atoms with E-state index >= 15 is 0 Å². The topological polar surface area (TPSA) is 80.1 Å². The first kappa shape index (κ1) is 31.0. The first-order chi connectivity index (χ1) is 20.7. The molecule has 0 spiro atoms. The van der Waals surface area contributed by atoms with Crippen molar-refractivity contribution in [3.8, 4) is 11.3 Å². The van der Waals surface area contributed by atoms with Crippen molar-refractivity contribution in [3.63, 3.8) is 0 Å². The van der Waals surface area contributed by atoms with E-state index in [9.17, 15) is 22.8 Å². The molecule has 2 atom stereocenters. The van der Waals surface area contributed by atoms with Gasteiger partial charge in [0.15, 0.2) is 17.5 Å². The molecule has 2 unspecified atom stereocenters. The lowest BCUT2D eigenvalue weighted by molar-refractivity contribution is -0.142. The number of anilines is 1. The number of aromatic nitrogens is 3. The van der Waals surface area contributed by atoms with Gasteiger partial charge in [-0.3, -0.25) is 9.59 Å². The van der Waals surface area contributed by atoms with Gasteiger partial charge in [-0.05, 0) is 74.1 Å². The van der Waals surface area contributed by atoms with Crippen molar-refractivity contribution in [2.75, 3.05) is 11.9 Å². The number of para-hydroxylation sites is 1. The lowest BCUT2D eigenvalue weighted by Crippen LogP contribution is -2.50. The fraction of sp³-hybridized carbons (Fsp3) is 0.353. The minimum atomic E-state index is -1.51. The van der Waals surface area contributed by atoms with Gasteiger partial charge in [-0.1, -0.05) is 56.3 Å². The number of nitrogens with zero attached hydrogens (tertiary/aromatic N) is 4. The fourth-order valence-electron chi connectivity index (χ4n) is 6.14. The van der Waals surface area contributed by atoms with Crippen LogP contribution >= 0.6 is 0 Å². The van der Waals surface area contributed by atoms with Crippen LogP contribution < -0.4 is 5.32 Å². The van der Waals surface area contributed by atoms with Crippen LogP contribution in [-0.4, -0.2) is 43.8 Å². The van der Waals surface area contributed by atoms with Crippen molar-refractivity contribution < 1.29 is 22.8 Å². The van der Waals surface area contributed by atoms with Gasteiger partial charge in [-0.15, -0.1) is 5.10 Å². The summed E-state index contributed by atoms with van der Waals surface area (Å²) in [7, 11) is 0. The second-order valence-electron chi connectivity index (χ2n) is 13.0. The Labute approximate surface area is 255 Å². The van der Waals surface area contributed by atoms with E-state index in [1.54, 1.807) is 21.8 Å². The summed E-state index contributed by atoms with van der Waals surface area (Å²) in [6.07, 6.45) is 2.16. The third kappa shape index (κ3) is 5.85. The number of carbonyl (C=O) groups is 2. The van der Waals surface area contributed by atoms with Crippen molar-refractivity contribution in [2.45, 2.75) is 65.5 Å². The van der Waals surface area contributed by atoms with Gasteiger partial charge < -0.3 is 10.2 Å². The first-order valence-electron chi connectivity index (χ1n) is 14.5. The summed E-state index contributed by atoms with van der Waals surface area (Å²) in [5, 5.41) is 11.6. The molecule has 0 aliphatic carbocycles. The smallest absolute Gasteiger partial charge is 0.255 e. The number of hydrogen-bond acceptors (Lipinski definition) is 4. The molecule has 3 aromatic carbocycles. The van der Waals surface area contributed by atoms with Gasteiger partial charge in [0, 0.05) is 34.8 Å². The van der Waals surface area contributed by atoms with Crippen LogP contribution in [0.2, 0.25) is 0 Å². The number of nitrogens with one attached hydrogen (secondary N) is 1. The Morgan fingerprint density at radius 1 is 1.00 bits per heavy atom. The summed E-state index contributed by atoms with van der Waals surface area (Å²) in [5.74, 6) is -4.88. The molecule has 4 aromatic rings. The van der Waals surface area contributed by atoms with Gasteiger partial charge in [0.25, 0.3) is 5.91 Å². The molecule has 0 saturated carbocycles. The summed E-state index contributed by atoms with van der Waals surface area (Å²) < 4.78 is 43.4. The molecule has 230 valence electrons. The molecule has 1 aliphatic heterocycles. The van der Waals surface area contributed by atoms with Crippen LogP contribution in [0.3, 0.4) is 0 Å². The van der Waals surface area contributed by atoms with Crippen LogP contribution in [-0.2, 0) is 4.79 Å². The number of rotatable bonds is 6. The summed E-state index contributed by atoms with van der Waals surface area (Å²) in [6, 6.07) is 15.9. The summed E-state index contributed by atoms with van der Waals surface area (Å²) in [4.78, 5) is 29.1. The highest BCUT2D eigenvalue weighted by Crippen LogP contribution is 2.45. The van der Waals surface area contributed by atoms with Crippen molar-refractivity contribution in [3.05, 3.63) is 101 Å². The van der Waals surface area contributed by atoms with Crippen LogP contribution in [0.4, 0.5) is 18.9 Å². The quantitative estimate of drug-likeness (QED) is 0.235. The molecular formula is C34H36F3N5O2. The molecule has 1 fully saturated rings. The largest absolute Gasteiger partial charge is 0.335 e. The Kier molecular flexibility index (Phi) is 8.13. The van der Waals surface area contributed by atoms with Gasteiger partial charge >= 0.3 is 0 Å². The molecule has 0 radical (unpaired) electrons. The van der Waals surface area contributed by atoms with Crippen LogP contribution in [0, 0.1) is 29.8 Å². The summed E-state index contributed by atoms with van der Waals surface area (Å²) in [6.45, 7) is 11.7. The monoisotopic (exact) mass is 603 g/mol. The second kappa shape index (κ2) is 11.6. The maximum atomic E-state index is 14.3. The molecule has 44 heavy (non-hydrogen) atoms.